The summed E-state index contributed by atoms with van der Waals surface area (Å²) in [6.07, 6.45) is 1.36. The van der Waals surface area contributed by atoms with Gasteiger partial charge in [-0.1, -0.05) is 18.2 Å². The molecule has 0 aliphatic rings. The molecule has 0 heterocycles. The fourth-order valence-corrected chi connectivity index (χ4v) is 3.02. The summed E-state index contributed by atoms with van der Waals surface area (Å²) < 4.78 is 14.7. The van der Waals surface area contributed by atoms with Gasteiger partial charge in [0, 0.05) is 0 Å². The zero-order valence-corrected chi connectivity index (χ0v) is 12.6. The summed E-state index contributed by atoms with van der Waals surface area (Å²) in [7, 11) is 0. The van der Waals surface area contributed by atoms with Gasteiger partial charge < -0.3 is 5.11 Å². The molecule has 0 aliphatic carbocycles. The highest BCUT2D eigenvalue weighted by Gasteiger charge is 2.07. The van der Waals surface area contributed by atoms with Gasteiger partial charge in [-0.15, -0.1) is 0 Å². The van der Waals surface area contributed by atoms with Gasteiger partial charge in [0.25, 0.3) is 0 Å². The molecule has 0 spiro atoms. The lowest BCUT2D eigenvalue weighted by Crippen LogP contribution is -1.95. The van der Waals surface area contributed by atoms with Crippen molar-refractivity contribution in [2.45, 2.75) is 12.8 Å². The smallest absolute Gasteiger partial charge is 0.143 e. The van der Waals surface area contributed by atoms with E-state index >= 15 is 0 Å². The van der Waals surface area contributed by atoms with Crippen LogP contribution in [0.4, 0.5) is 4.39 Å². The van der Waals surface area contributed by atoms with Gasteiger partial charge in [0.15, 0.2) is 0 Å². The monoisotopic (exact) mass is 372 g/mol. The summed E-state index contributed by atoms with van der Waals surface area (Å²) in [5.74, 6) is 0.0130. The number of benzene rings is 2. The minimum atomic E-state index is -0.172. The van der Waals surface area contributed by atoms with Gasteiger partial charge in [-0.25, -0.2) is 4.39 Å². The second kappa shape index (κ2) is 5.85. The molecule has 0 fully saturated rings. The van der Waals surface area contributed by atoms with Crippen molar-refractivity contribution in [3.05, 3.63) is 62.3 Å². The Morgan fingerprint density at radius 1 is 1.00 bits per heavy atom. The first-order valence-corrected chi connectivity index (χ1v) is 7.07. The Balaban J connectivity index is 2.14. The van der Waals surface area contributed by atoms with Crippen LogP contribution in [0.1, 0.15) is 11.1 Å². The van der Waals surface area contributed by atoms with E-state index in [1.165, 1.54) is 6.07 Å². The Bertz CT molecular complexity index is 546. The van der Waals surface area contributed by atoms with Crippen molar-refractivity contribution >= 4 is 31.9 Å². The normalized spacial score (nSPS) is 10.6. The molecule has 0 bridgehead atoms. The van der Waals surface area contributed by atoms with Crippen LogP contribution >= 0.6 is 31.9 Å². The van der Waals surface area contributed by atoms with E-state index in [-0.39, 0.29) is 11.6 Å². The van der Waals surface area contributed by atoms with Gasteiger partial charge in [0.05, 0.1) is 8.95 Å². The lowest BCUT2D eigenvalue weighted by molar-refractivity contribution is 0.468. The molecule has 2 rings (SSSR count). The molecule has 0 radical (unpaired) electrons. The van der Waals surface area contributed by atoms with Crippen LogP contribution in [0.25, 0.3) is 0 Å². The van der Waals surface area contributed by atoms with Crippen molar-refractivity contribution in [1.82, 2.24) is 0 Å². The fraction of sp³-hybridized carbons (Fsp3) is 0.143. The number of halogens is 3. The number of phenolic OH excluding ortho intramolecular Hbond substituents is 1. The molecule has 18 heavy (non-hydrogen) atoms. The molecule has 94 valence electrons. The first-order chi connectivity index (χ1) is 8.58. The lowest BCUT2D eigenvalue weighted by atomic mass is 10.0. The Morgan fingerprint density at radius 3 is 2.22 bits per heavy atom. The van der Waals surface area contributed by atoms with Crippen LogP contribution in [-0.4, -0.2) is 5.11 Å². The number of aromatic hydroxyl groups is 1. The summed E-state index contributed by atoms with van der Waals surface area (Å²) in [4.78, 5) is 0. The largest absolute Gasteiger partial charge is 0.506 e. The van der Waals surface area contributed by atoms with Crippen LogP contribution < -0.4 is 0 Å². The third kappa shape index (κ3) is 3.12. The van der Waals surface area contributed by atoms with Crippen LogP contribution in [0.3, 0.4) is 0 Å². The van der Waals surface area contributed by atoms with E-state index in [1.54, 1.807) is 12.1 Å². The summed E-state index contributed by atoms with van der Waals surface area (Å²) in [5.41, 5.74) is 1.74. The van der Waals surface area contributed by atoms with E-state index < -0.39 is 0 Å². The van der Waals surface area contributed by atoms with E-state index in [9.17, 15) is 9.50 Å². The molecule has 4 heteroatoms. The van der Waals surface area contributed by atoms with E-state index in [2.05, 4.69) is 31.9 Å². The zero-order chi connectivity index (χ0) is 13.1. The molecular formula is C14H11Br2FO. The zero-order valence-electron chi connectivity index (χ0n) is 9.46. The van der Waals surface area contributed by atoms with E-state index in [0.29, 0.717) is 20.9 Å². The van der Waals surface area contributed by atoms with Crippen LogP contribution in [0.15, 0.2) is 45.3 Å². The van der Waals surface area contributed by atoms with Crippen molar-refractivity contribution in [1.29, 1.82) is 0 Å². The highest BCUT2D eigenvalue weighted by Crippen LogP contribution is 2.33. The number of rotatable bonds is 3. The summed E-state index contributed by atoms with van der Waals surface area (Å²) in [6, 6.07) is 10.5. The van der Waals surface area contributed by atoms with E-state index in [4.69, 9.17) is 0 Å². The molecular weight excluding hydrogens is 363 g/mol. The Hall–Kier alpha value is -0.870. The fourth-order valence-electron chi connectivity index (χ4n) is 1.74. The third-order valence-corrected chi connectivity index (χ3v) is 3.93. The molecule has 1 N–H and O–H groups in total. The summed E-state index contributed by atoms with van der Waals surface area (Å²) >= 11 is 6.57. The van der Waals surface area contributed by atoms with Crippen LogP contribution in [-0.2, 0) is 12.8 Å². The van der Waals surface area contributed by atoms with Crippen molar-refractivity contribution in [3.8, 4) is 5.75 Å². The Morgan fingerprint density at radius 2 is 1.61 bits per heavy atom. The van der Waals surface area contributed by atoms with Gasteiger partial charge in [-0.2, -0.15) is 0 Å². The number of aryl methyl sites for hydroxylation is 2. The molecule has 0 aromatic heterocycles. The van der Waals surface area contributed by atoms with Gasteiger partial charge in [-0.05, 0) is 74.0 Å². The first kappa shape index (κ1) is 13.6. The molecule has 0 atom stereocenters. The van der Waals surface area contributed by atoms with E-state index in [0.717, 1.165) is 12.0 Å². The Labute approximate surface area is 122 Å². The quantitative estimate of drug-likeness (QED) is 0.815. The van der Waals surface area contributed by atoms with Gasteiger partial charge >= 0.3 is 0 Å². The van der Waals surface area contributed by atoms with Crippen LogP contribution in [0, 0.1) is 5.82 Å². The van der Waals surface area contributed by atoms with Crippen LogP contribution in [0.2, 0.25) is 0 Å². The molecule has 0 saturated heterocycles. The summed E-state index contributed by atoms with van der Waals surface area (Å²) in [5, 5.41) is 9.61. The molecule has 1 nitrogen and oxygen atoms in total. The molecule has 0 amide bonds. The first-order valence-electron chi connectivity index (χ1n) is 5.48. The van der Waals surface area contributed by atoms with Gasteiger partial charge in [-0.3, -0.25) is 0 Å². The van der Waals surface area contributed by atoms with Gasteiger partial charge in [0.1, 0.15) is 11.6 Å². The minimum absolute atomic E-state index is 0.172. The average molecular weight is 374 g/mol. The maximum absolute atomic E-state index is 13.5. The molecule has 2 aromatic carbocycles. The average Bonchev–Trinajstić information content (AvgIpc) is 2.35. The van der Waals surface area contributed by atoms with Crippen molar-refractivity contribution in [3.63, 3.8) is 0 Å². The van der Waals surface area contributed by atoms with Crippen LogP contribution in [0.5, 0.6) is 5.75 Å². The predicted octanol–water partition coefficient (Wildman–Crippen LogP) is 4.84. The summed E-state index contributed by atoms with van der Waals surface area (Å²) in [6.45, 7) is 0. The maximum atomic E-state index is 13.5. The topological polar surface area (TPSA) is 20.2 Å². The van der Waals surface area contributed by atoms with Gasteiger partial charge in [0.2, 0.25) is 0 Å². The van der Waals surface area contributed by atoms with Crippen molar-refractivity contribution < 1.29 is 9.50 Å². The predicted molar refractivity (Wildman–Crippen MR) is 77.3 cm³/mol. The Kier molecular flexibility index (Phi) is 4.40. The highest BCUT2D eigenvalue weighted by molar-refractivity contribution is 9.11. The van der Waals surface area contributed by atoms with Crippen molar-refractivity contribution in [2.24, 2.45) is 0 Å². The standard InChI is InChI=1S/C14H11Br2FO/c15-11-7-9(8-12(16)14(11)18)5-6-10-3-1-2-4-13(10)17/h1-4,7-8,18H,5-6H2. The molecule has 0 saturated carbocycles. The SMILES string of the molecule is Oc1c(Br)cc(CCc2ccccc2F)cc1Br. The number of phenols is 1. The second-order valence-corrected chi connectivity index (χ2v) is 5.71. The maximum Gasteiger partial charge on any atom is 0.143 e. The number of hydrogen-bond donors (Lipinski definition) is 1. The highest BCUT2D eigenvalue weighted by atomic mass is 79.9. The second-order valence-electron chi connectivity index (χ2n) is 4.00. The third-order valence-electron chi connectivity index (χ3n) is 2.72. The van der Waals surface area contributed by atoms with E-state index in [1.807, 2.05) is 18.2 Å². The molecule has 0 unspecified atom stereocenters. The van der Waals surface area contributed by atoms with Crippen molar-refractivity contribution in [2.75, 3.05) is 0 Å². The minimum Gasteiger partial charge on any atom is -0.506 e. The molecule has 2 aromatic rings. The molecule has 0 aliphatic heterocycles. The lowest BCUT2D eigenvalue weighted by Gasteiger charge is -2.07. The number of hydrogen-bond acceptors (Lipinski definition) is 1.